The molecule has 0 aliphatic rings. The SMILES string of the molecule is C=C(C)NC(CC)CNc1ccc(C)c(OC)c1.[HH]. The van der Waals surface area contributed by atoms with Gasteiger partial charge in [-0.2, -0.15) is 0 Å². The Morgan fingerprint density at radius 1 is 1.50 bits per heavy atom. The molecule has 0 heterocycles. The number of allylic oxidation sites excluding steroid dienone is 1. The van der Waals surface area contributed by atoms with Crippen molar-refractivity contribution >= 4 is 5.69 Å². The Kier molecular flexibility index (Phi) is 5.56. The molecular formula is C15H26N2O. The minimum Gasteiger partial charge on any atom is -0.496 e. The Morgan fingerprint density at radius 2 is 2.22 bits per heavy atom. The predicted molar refractivity (Wildman–Crippen MR) is 80.4 cm³/mol. The Hall–Kier alpha value is -1.64. The van der Waals surface area contributed by atoms with Crippen LogP contribution in [0.15, 0.2) is 30.5 Å². The molecule has 0 bridgehead atoms. The first-order chi connectivity index (χ1) is 8.56. The highest BCUT2D eigenvalue weighted by Crippen LogP contribution is 2.22. The van der Waals surface area contributed by atoms with Crippen molar-refractivity contribution in [2.24, 2.45) is 0 Å². The van der Waals surface area contributed by atoms with Crippen LogP contribution in [0.4, 0.5) is 5.69 Å². The first kappa shape index (κ1) is 14.4. The molecule has 0 saturated carbocycles. The van der Waals surface area contributed by atoms with Crippen molar-refractivity contribution in [2.75, 3.05) is 19.0 Å². The smallest absolute Gasteiger partial charge is 0.123 e. The quantitative estimate of drug-likeness (QED) is 0.776. The standard InChI is InChI=1S/C15H24N2O.H2/c1-6-13(17-11(2)3)10-16-14-8-7-12(4)15(9-14)18-5;/h7-9,13,16-17H,2,6,10H2,1,3-5H3;1H. The van der Waals surface area contributed by atoms with Crippen LogP contribution in [-0.2, 0) is 0 Å². The summed E-state index contributed by atoms with van der Waals surface area (Å²) in [5.41, 5.74) is 3.24. The Bertz CT molecular complexity index is 407. The number of nitrogens with one attached hydrogen (secondary N) is 2. The molecule has 0 amide bonds. The summed E-state index contributed by atoms with van der Waals surface area (Å²) in [5.74, 6) is 0.918. The van der Waals surface area contributed by atoms with Crippen molar-refractivity contribution in [3.63, 3.8) is 0 Å². The van der Waals surface area contributed by atoms with Crippen molar-refractivity contribution < 1.29 is 6.16 Å². The number of anilines is 1. The number of aryl methyl sites for hydroxylation is 1. The van der Waals surface area contributed by atoms with Gasteiger partial charge in [0, 0.05) is 31.5 Å². The van der Waals surface area contributed by atoms with Gasteiger partial charge in [0.2, 0.25) is 0 Å². The van der Waals surface area contributed by atoms with Crippen molar-refractivity contribution in [3.8, 4) is 5.75 Å². The van der Waals surface area contributed by atoms with Gasteiger partial charge in [0.05, 0.1) is 7.11 Å². The molecular weight excluding hydrogens is 224 g/mol. The maximum atomic E-state index is 5.31. The van der Waals surface area contributed by atoms with Gasteiger partial charge < -0.3 is 15.4 Å². The molecule has 18 heavy (non-hydrogen) atoms. The fraction of sp³-hybridized carbons (Fsp3) is 0.467. The van der Waals surface area contributed by atoms with Gasteiger partial charge in [0.1, 0.15) is 5.75 Å². The van der Waals surface area contributed by atoms with Crippen LogP contribution in [0.2, 0.25) is 0 Å². The highest BCUT2D eigenvalue weighted by atomic mass is 16.5. The maximum Gasteiger partial charge on any atom is 0.123 e. The summed E-state index contributed by atoms with van der Waals surface area (Å²) in [6.07, 6.45) is 1.06. The van der Waals surface area contributed by atoms with E-state index in [1.807, 2.05) is 19.9 Å². The molecule has 102 valence electrons. The van der Waals surface area contributed by atoms with E-state index < -0.39 is 0 Å². The van der Waals surface area contributed by atoms with Gasteiger partial charge in [-0.3, -0.25) is 0 Å². The average molecular weight is 250 g/mol. The summed E-state index contributed by atoms with van der Waals surface area (Å²) < 4.78 is 5.31. The van der Waals surface area contributed by atoms with Crippen LogP contribution in [0.5, 0.6) is 5.75 Å². The summed E-state index contributed by atoms with van der Waals surface area (Å²) in [6.45, 7) is 10.9. The number of rotatable bonds is 7. The van der Waals surface area contributed by atoms with Crippen LogP contribution < -0.4 is 15.4 Å². The first-order valence-electron chi connectivity index (χ1n) is 6.37. The van der Waals surface area contributed by atoms with Gasteiger partial charge in [-0.05, 0) is 31.9 Å². The fourth-order valence-electron chi connectivity index (χ4n) is 1.82. The van der Waals surface area contributed by atoms with Crippen LogP contribution in [0.3, 0.4) is 0 Å². The lowest BCUT2D eigenvalue weighted by atomic mass is 10.2. The molecule has 0 aliphatic heterocycles. The van der Waals surface area contributed by atoms with Crippen LogP contribution in [0.1, 0.15) is 27.3 Å². The van der Waals surface area contributed by atoms with E-state index in [9.17, 15) is 0 Å². The highest BCUT2D eigenvalue weighted by Gasteiger charge is 2.06. The van der Waals surface area contributed by atoms with E-state index in [4.69, 9.17) is 4.74 Å². The number of methoxy groups -OCH3 is 1. The molecule has 1 aromatic carbocycles. The lowest BCUT2D eigenvalue weighted by molar-refractivity contribution is 0.412. The second kappa shape index (κ2) is 6.94. The molecule has 1 atom stereocenters. The topological polar surface area (TPSA) is 33.3 Å². The van der Waals surface area contributed by atoms with Crippen molar-refractivity contribution in [2.45, 2.75) is 33.2 Å². The molecule has 2 N–H and O–H groups in total. The monoisotopic (exact) mass is 250 g/mol. The van der Waals surface area contributed by atoms with E-state index in [1.54, 1.807) is 7.11 Å². The molecule has 0 aliphatic carbocycles. The number of ether oxygens (including phenoxy) is 1. The molecule has 0 fully saturated rings. The van der Waals surface area contributed by atoms with Crippen molar-refractivity contribution in [1.82, 2.24) is 5.32 Å². The van der Waals surface area contributed by atoms with Crippen LogP contribution in [0, 0.1) is 6.92 Å². The largest absolute Gasteiger partial charge is 0.496 e. The zero-order valence-electron chi connectivity index (χ0n) is 11.8. The predicted octanol–water partition coefficient (Wildman–Crippen LogP) is 3.56. The summed E-state index contributed by atoms with van der Waals surface area (Å²) in [4.78, 5) is 0. The third kappa shape index (κ3) is 4.32. The van der Waals surface area contributed by atoms with E-state index in [2.05, 4.69) is 36.3 Å². The molecule has 0 saturated heterocycles. The summed E-state index contributed by atoms with van der Waals surface area (Å²) in [7, 11) is 1.70. The summed E-state index contributed by atoms with van der Waals surface area (Å²) in [6, 6.07) is 6.57. The minimum absolute atomic E-state index is 0. The number of benzene rings is 1. The van der Waals surface area contributed by atoms with Crippen molar-refractivity contribution in [3.05, 3.63) is 36.0 Å². The van der Waals surface area contributed by atoms with Crippen LogP contribution >= 0.6 is 0 Å². The number of hydrogen-bond donors (Lipinski definition) is 2. The lowest BCUT2D eigenvalue weighted by Gasteiger charge is -2.19. The number of hydrogen-bond acceptors (Lipinski definition) is 3. The third-order valence-electron chi connectivity index (χ3n) is 2.90. The zero-order chi connectivity index (χ0) is 13.5. The molecule has 0 radical (unpaired) electrons. The van der Waals surface area contributed by atoms with Gasteiger partial charge in [-0.1, -0.05) is 19.6 Å². The molecule has 1 aromatic rings. The van der Waals surface area contributed by atoms with Gasteiger partial charge in [0.25, 0.3) is 0 Å². The molecule has 1 rings (SSSR count). The van der Waals surface area contributed by atoms with Gasteiger partial charge in [-0.15, -0.1) is 0 Å². The van der Waals surface area contributed by atoms with E-state index in [-0.39, 0.29) is 1.43 Å². The van der Waals surface area contributed by atoms with Gasteiger partial charge >= 0.3 is 0 Å². The molecule has 0 spiro atoms. The van der Waals surface area contributed by atoms with E-state index in [0.717, 1.165) is 35.7 Å². The van der Waals surface area contributed by atoms with E-state index >= 15 is 0 Å². The molecule has 0 aromatic heterocycles. The van der Waals surface area contributed by atoms with E-state index in [0.29, 0.717) is 6.04 Å². The molecule has 3 nitrogen and oxygen atoms in total. The van der Waals surface area contributed by atoms with Gasteiger partial charge in [-0.25, -0.2) is 0 Å². The lowest BCUT2D eigenvalue weighted by Crippen LogP contribution is -2.33. The van der Waals surface area contributed by atoms with Gasteiger partial charge in [0.15, 0.2) is 0 Å². The Morgan fingerprint density at radius 3 is 2.78 bits per heavy atom. The molecule has 1 unspecified atom stereocenters. The average Bonchev–Trinajstić information content (AvgIpc) is 2.35. The first-order valence-corrected chi connectivity index (χ1v) is 6.37. The van der Waals surface area contributed by atoms with E-state index in [1.165, 1.54) is 0 Å². The third-order valence-corrected chi connectivity index (χ3v) is 2.90. The summed E-state index contributed by atoms with van der Waals surface area (Å²) in [5, 5.41) is 6.77. The fourth-order valence-corrected chi connectivity index (χ4v) is 1.82. The van der Waals surface area contributed by atoms with Crippen LogP contribution in [0.25, 0.3) is 0 Å². The second-order valence-corrected chi connectivity index (χ2v) is 4.60. The summed E-state index contributed by atoms with van der Waals surface area (Å²) >= 11 is 0. The Labute approximate surface area is 112 Å². The minimum atomic E-state index is 0. The normalized spacial score (nSPS) is 11.8. The Balaban J connectivity index is 0.00000324. The van der Waals surface area contributed by atoms with Crippen LogP contribution in [-0.4, -0.2) is 19.7 Å². The van der Waals surface area contributed by atoms with Crippen molar-refractivity contribution in [1.29, 1.82) is 0 Å². The second-order valence-electron chi connectivity index (χ2n) is 4.60. The molecule has 3 heteroatoms. The highest BCUT2D eigenvalue weighted by molar-refractivity contribution is 5.51. The maximum absolute atomic E-state index is 5.31. The zero-order valence-corrected chi connectivity index (χ0v) is 11.8.